The van der Waals surface area contributed by atoms with E-state index >= 15 is 0 Å². The van der Waals surface area contributed by atoms with Crippen molar-refractivity contribution in [3.05, 3.63) is 65.5 Å². The van der Waals surface area contributed by atoms with Gasteiger partial charge in [-0.05, 0) is 31.0 Å². The number of amides is 1. The van der Waals surface area contributed by atoms with Crippen molar-refractivity contribution in [1.29, 1.82) is 0 Å². The van der Waals surface area contributed by atoms with Crippen molar-refractivity contribution in [2.24, 2.45) is 0 Å². The number of likely N-dealkylation sites (N-methyl/N-ethyl adjacent to an activating group) is 1. The number of hydrogen-bond donors (Lipinski definition) is 0. The Labute approximate surface area is 129 Å². The van der Waals surface area contributed by atoms with Gasteiger partial charge < -0.3 is 9.32 Å². The summed E-state index contributed by atoms with van der Waals surface area (Å²) in [6.45, 7) is 2.56. The van der Waals surface area contributed by atoms with E-state index in [4.69, 9.17) is 4.42 Å². The Balaban J connectivity index is 1.71. The van der Waals surface area contributed by atoms with E-state index in [0.29, 0.717) is 17.9 Å². The number of carbonyl (C=O) groups is 1. The van der Waals surface area contributed by atoms with E-state index < -0.39 is 0 Å². The van der Waals surface area contributed by atoms with Gasteiger partial charge in [0.1, 0.15) is 5.52 Å². The second-order valence-corrected chi connectivity index (χ2v) is 5.41. The van der Waals surface area contributed by atoms with Crippen LogP contribution in [0.1, 0.15) is 21.8 Å². The van der Waals surface area contributed by atoms with Crippen LogP contribution in [0.4, 0.5) is 0 Å². The molecular formula is C18H18N2O2. The lowest BCUT2D eigenvalue weighted by molar-refractivity contribution is 0.0767. The smallest absolute Gasteiger partial charge is 0.289 e. The summed E-state index contributed by atoms with van der Waals surface area (Å²) in [7, 11) is 1.79. The highest BCUT2D eigenvalue weighted by Gasteiger charge is 2.17. The molecule has 0 aliphatic carbocycles. The molecule has 2 heterocycles. The summed E-state index contributed by atoms with van der Waals surface area (Å²) in [4.78, 5) is 18.5. The van der Waals surface area contributed by atoms with Gasteiger partial charge in [0.25, 0.3) is 5.91 Å². The molecule has 3 aromatic rings. The quantitative estimate of drug-likeness (QED) is 0.740. The van der Waals surface area contributed by atoms with Gasteiger partial charge in [-0.3, -0.25) is 4.79 Å². The average Bonchev–Trinajstić information content (AvgIpc) is 2.95. The molecule has 0 aliphatic heterocycles. The first-order valence-electron chi connectivity index (χ1n) is 7.30. The van der Waals surface area contributed by atoms with E-state index in [9.17, 15) is 4.79 Å². The van der Waals surface area contributed by atoms with Crippen LogP contribution in [0.25, 0.3) is 11.1 Å². The zero-order chi connectivity index (χ0) is 15.5. The third kappa shape index (κ3) is 3.01. The summed E-state index contributed by atoms with van der Waals surface area (Å²) >= 11 is 0. The predicted octanol–water partition coefficient (Wildman–Crippen LogP) is 3.45. The Morgan fingerprint density at radius 1 is 1.18 bits per heavy atom. The van der Waals surface area contributed by atoms with Crippen LogP contribution < -0.4 is 0 Å². The van der Waals surface area contributed by atoms with Crippen LogP contribution >= 0.6 is 0 Å². The predicted molar refractivity (Wildman–Crippen MR) is 85.9 cm³/mol. The molecular weight excluding hydrogens is 276 g/mol. The minimum atomic E-state index is -0.119. The fourth-order valence-electron chi connectivity index (χ4n) is 2.36. The summed E-state index contributed by atoms with van der Waals surface area (Å²) in [5, 5.41) is 0. The van der Waals surface area contributed by atoms with Crippen LogP contribution in [-0.4, -0.2) is 29.4 Å². The van der Waals surface area contributed by atoms with Crippen LogP contribution in [-0.2, 0) is 6.42 Å². The number of aromatic nitrogens is 1. The fraction of sp³-hybridized carbons (Fsp3) is 0.222. The number of hydrogen-bond acceptors (Lipinski definition) is 3. The van der Waals surface area contributed by atoms with Gasteiger partial charge in [0.05, 0.1) is 0 Å². The number of aryl methyl sites for hydroxylation is 1. The summed E-state index contributed by atoms with van der Waals surface area (Å²) in [6, 6.07) is 15.6. The molecule has 2 aromatic heterocycles. The van der Waals surface area contributed by atoms with Gasteiger partial charge in [-0.2, -0.15) is 0 Å². The van der Waals surface area contributed by atoms with Gasteiger partial charge in [-0.1, -0.05) is 30.3 Å². The number of pyridine rings is 1. The van der Waals surface area contributed by atoms with Crippen molar-refractivity contribution in [1.82, 2.24) is 9.88 Å². The van der Waals surface area contributed by atoms with Crippen LogP contribution in [0, 0.1) is 6.92 Å². The van der Waals surface area contributed by atoms with Crippen LogP contribution in [0.5, 0.6) is 0 Å². The van der Waals surface area contributed by atoms with Gasteiger partial charge in [-0.15, -0.1) is 0 Å². The third-order valence-corrected chi connectivity index (χ3v) is 3.65. The highest BCUT2D eigenvalue weighted by Crippen LogP contribution is 2.19. The maximum Gasteiger partial charge on any atom is 0.289 e. The number of furan rings is 1. The molecule has 0 atom stereocenters. The second kappa shape index (κ2) is 6.02. The van der Waals surface area contributed by atoms with Crippen molar-refractivity contribution < 1.29 is 9.21 Å². The SMILES string of the molecule is Cc1ccc2oc(C(=O)N(C)CCc3ccccc3)cc2n1. The van der Waals surface area contributed by atoms with E-state index in [-0.39, 0.29) is 5.91 Å². The van der Waals surface area contributed by atoms with Crippen molar-refractivity contribution in [2.75, 3.05) is 13.6 Å². The van der Waals surface area contributed by atoms with Crippen molar-refractivity contribution in [2.45, 2.75) is 13.3 Å². The van der Waals surface area contributed by atoms with Gasteiger partial charge in [0.2, 0.25) is 0 Å². The summed E-state index contributed by atoms with van der Waals surface area (Å²) in [5.41, 5.74) is 3.49. The van der Waals surface area contributed by atoms with Gasteiger partial charge in [0.15, 0.2) is 11.3 Å². The number of rotatable bonds is 4. The van der Waals surface area contributed by atoms with Crippen molar-refractivity contribution in [3.63, 3.8) is 0 Å². The highest BCUT2D eigenvalue weighted by atomic mass is 16.3. The lowest BCUT2D eigenvalue weighted by atomic mass is 10.1. The molecule has 0 saturated heterocycles. The number of nitrogens with zero attached hydrogens (tertiary/aromatic N) is 2. The Bertz CT molecular complexity index is 793. The molecule has 0 radical (unpaired) electrons. The first kappa shape index (κ1) is 14.3. The Hall–Kier alpha value is -2.62. The summed E-state index contributed by atoms with van der Waals surface area (Å²) in [5.74, 6) is 0.218. The first-order chi connectivity index (χ1) is 10.6. The monoisotopic (exact) mass is 294 g/mol. The number of carbonyl (C=O) groups excluding carboxylic acids is 1. The average molecular weight is 294 g/mol. The van der Waals surface area contributed by atoms with E-state index in [2.05, 4.69) is 17.1 Å². The Kier molecular flexibility index (Phi) is 3.92. The number of fused-ring (bicyclic) bond motifs is 1. The van der Waals surface area contributed by atoms with Crippen molar-refractivity contribution >= 4 is 17.0 Å². The molecule has 4 nitrogen and oxygen atoms in total. The van der Waals surface area contributed by atoms with Crippen LogP contribution in [0.2, 0.25) is 0 Å². The molecule has 22 heavy (non-hydrogen) atoms. The molecule has 0 fully saturated rings. The van der Waals surface area contributed by atoms with Crippen LogP contribution in [0.15, 0.2) is 52.9 Å². The molecule has 0 saturated carbocycles. The Morgan fingerprint density at radius 3 is 2.73 bits per heavy atom. The molecule has 0 spiro atoms. The summed E-state index contributed by atoms with van der Waals surface area (Å²) in [6.07, 6.45) is 0.820. The molecule has 0 aliphatic rings. The largest absolute Gasteiger partial charge is 0.449 e. The highest BCUT2D eigenvalue weighted by molar-refractivity contribution is 5.95. The van der Waals surface area contributed by atoms with E-state index in [1.54, 1.807) is 18.0 Å². The zero-order valence-corrected chi connectivity index (χ0v) is 12.7. The van der Waals surface area contributed by atoms with Gasteiger partial charge in [-0.25, -0.2) is 4.98 Å². The molecule has 1 amide bonds. The minimum absolute atomic E-state index is 0.119. The minimum Gasteiger partial charge on any atom is -0.449 e. The lowest BCUT2D eigenvalue weighted by Crippen LogP contribution is -2.28. The van der Waals surface area contributed by atoms with E-state index in [0.717, 1.165) is 17.6 Å². The molecule has 0 N–H and O–H groups in total. The third-order valence-electron chi connectivity index (χ3n) is 3.65. The van der Waals surface area contributed by atoms with E-state index in [1.807, 2.05) is 37.3 Å². The second-order valence-electron chi connectivity index (χ2n) is 5.41. The van der Waals surface area contributed by atoms with Crippen molar-refractivity contribution in [3.8, 4) is 0 Å². The topological polar surface area (TPSA) is 46.3 Å². The standard InChI is InChI=1S/C18H18N2O2/c1-13-8-9-16-15(19-13)12-17(22-16)18(21)20(2)11-10-14-6-4-3-5-7-14/h3-9,12H,10-11H2,1-2H3. The zero-order valence-electron chi connectivity index (χ0n) is 12.7. The molecule has 3 rings (SSSR count). The summed E-state index contributed by atoms with van der Waals surface area (Å²) < 4.78 is 5.60. The maximum absolute atomic E-state index is 12.4. The molecule has 0 bridgehead atoms. The first-order valence-corrected chi connectivity index (χ1v) is 7.30. The molecule has 4 heteroatoms. The van der Waals surface area contributed by atoms with Gasteiger partial charge >= 0.3 is 0 Å². The van der Waals surface area contributed by atoms with Crippen LogP contribution in [0.3, 0.4) is 0 Å². The Morgan fingerprint density at radius 2 is 1.95 bits per heavy atom. The fourth-order valence-corrected chi connectivity index (χ4v) is 2.36. The maximum atomic E-state index is 12.4. The molecule has 1 aromatic carbocycles. The molecule has 0 unspecified atom stereocenters. The molecule has 112 valence electrons. The number of benzene rings is 1. The van der Waals surface area contributed by atoms with Gasteiger partial charge in [0, 0.05) is 25.4 Å². The van der Waals surface area contributed by atoms with E-state index in [1.165, 1.54) is 5.56 Å². The lowest BCUT2D eigenvalue weighted by Gasteiger charge is -2.15. The normalized spacial score (nSPS) is 10.8.